The number of sulfone groups is 1. The van der Waals surface area contributed by atoms with Gasteiger partial charge in [0.25, 0.3) is 0 Å². The van der Waals surface area contributed by atoms with Gasteiger partial charge in [0.15, 0.2) is 9.84 Å². The molecule has 1 N–H and O–H groups in total. The number of nitrogens with zero attached hydrogens (tertiary/aromatic N) is 3. The minimum atomic E-state index is -4.40. The average molecular weight is 647 g/mol. The van der Waals surface area contributed by atoms with Crippen LogP contribution >= 0.6 is 0 Å². The number of benzene rings is 1. The number of hydrogen-bond acceptors (Lipinski definition) is 7. The van der Waals surface area contributed by atoms with Gasteiger partial charge in [0.05, 0.1) is 29.5 Å². The Morgan fingerprint density at radius 2 is 1.89 bits per heavy atom. The van der Waals surface area contributed by atoms with Gasteiger partial charge in [0.1, 0.15) is 18.9 Å². The van der Waals surface area contributed by atoms with Crippen molar-refractivity contribution in [3.05, 3.63) is 40.5 Å². The maximum absolute atomic E-state index is 13.7. The van der Waals surface area contributed by atoms with E-state index in [1.807, 2.05) is 6.08 Å². The van der Waals surface area contributed by atoms with E-state index in [1.54, 1.807) is 13.1 Å². The molecule has 45 heavy (non-hydrogen) atoms. The van der Waals surface area contributed by atoms with Crippen LogP contribution in [0.2, 0.25) is 0 Å². The molecule has 12 heteroatoms. The zero-order valence-corrected chi connectivity index (χ0v) is 26.9. The van der Waals surface area contributed by atoms with Gasteiger partial charge in [-0.05, 0) is 68.7 Å². The number of hydrogen-bond donors (Lipinski definition) is 1. The highest BCUT2D eigenvalue weighted by Gasteiger charge is 2.51. The van der Waals surface area contributed by atoms with Gasteiger partial charge in [-0.2, -0.15) is 13.2 Å². The topological polar surface area (TPSA) is 76.0 Å². The molecule has 8 nitrogen and oxygen atoms in total. The molecule has 3 fully saturated rings. The minimum absolute atomic E-state index is 0.0800. The summed E-state index contributed by atoms with van der Waals surface area (Å²) < 4.78 is 77.5. The predicted octanol–water partition coefficient (Wildman–Crippen LogP) is 3.18. The monoisotopic (exact) mass is 646 g/mol. The summed E-state index contributed by atoms with van der Waals surface area (Å²) in [5.41, 5.74) is 2.26. The van der Waals surface area contributed by atoms with Crippen molar-refractivity contribution in [3.8, 4) is 17.6 Å². The Morgan fingerprint density at radius 1 is 1.16 bits per heavy atom. The zero-order chi connectivity index (χ0) is 32.0. The molecular weight excluding hydrogens is 605 g/mol. The van der Waals surface area contributed by atoms with Crippen molar-refractivity contribution < 1.29 is 31.1 Å². The van der Waals surface area contributed by atoms with Gasteiger partial charge in [0.2, 0.25) is 0 Å². The highest BCUT2D eigenvalue weighted by Crippen LogP contribution is 2.41. The van der Waals surface area contributed by atoms with Crippen molar-refractivity contribution in [1.82, 2.24) is 14.4 Å². The van der Waals surface area contributed by atoms with Crippen molar-refractivity contribution in [2.75, 3.05) is 58.6 Å². The number of rotatable bonds is 8. The molecule has 3 heterocycles. The fraction of sp³-hybridized carbons (Fsp3) is 0.576. The second kappa shape index (κ2) is 12.2. The van der Waals surface area contributed by atoms with E-state index in [0.29, 0.717) is 46.4 Å². The van der Waals surface area contributed by atoms with Crippen molar-refractivity contribution in [2.24, 2.45) is 5.41 Å². The maximum atomic E-state index is 13.7. The Labute approximate surface area is 262 Å². The normalized spacial score (nSPS) is 22.8. The lowest BCUT2D eigenvalue weighted by Crippen LogP contribution is -2.68. The van der Waals surface area contributed by atoms with Crippen molar-refractivity contribution in [3.63, 3.8) is 0 Å². The highest BCUT2D eigenvalue weighted by atomic mass is 32.2. The number of likely N-dealkylation sites (tertiary alicyclic amines) is 1. The van der Waals surface area contributed by atoms with Gasteiger partial charge in [-0.3, -0.25) is 4.90 Å². The van der Waals surface area contributed by atoms with Gasteiger partial charge in [-0.25, -0.2) is 8.42 Å². The number of anilines is 1. The Kier molecular flexibility index (Phi) is 8.65. The zero-order valence-electron chi connectivity index (χ0n) is 26.0. The Morgan fingerprint density at radius 3 is 2.51 bits per heavy atom. The molecule has 244 valence electrons. The van der Waals surface area contributed by atoms with Crippen LogP contribution in [0.1, 0.15) is 44.2 Å². The third kappa shape index (κ3) is 6.71. The average Bonchev–Trinajstić information content (AvgIpc) is 3.29. The molecule has 2 aliphatic carbocycles. The number of aromatic nitrogens is 1. The molecular formula is C33H41F3N4O4S. The van der Waals surface area contributed by atoms with Crippen molar-refractivity contribution >= 4 is 27.3 Å². The summed E-state index contributed by atoms with van der Waals surface area (Å²) in [4.78, 5) is 5.07. The Bertz CT molecular complexity index is 1720. The fourth-order valence-corrected chi connectivity index (χ4v) is 7.94. The first-order valence-electron chi connectivity index (χ1n) is 15.5. The standard InChI is InChI=1S/C33H41F3N4O4S/c1-37-28-17-26(45(3,41)42)13-14-31(28)44-15-5-6-25-16-27-29(7-4-8-30(27)40(25)20-33(34,35)36)38(2)23-9-11-24(12-10-23)39-18-32(19-39)21-43-22-32/h8,13-14,16-17,23-24,37H,4,7,9-12,15,18-22H2,1-3H3. The van der Waals surface area contributed by atoms with Crippen LogP contribution in [-0.2, 0) is 21.1 Å². The predicted molar refractivity (Wildman–Crippen MR) is 167 cm³/mol. The van der Waals surface area contributed by atoms with Crippen LogP contribution in [0.4, 0.5) is 18.9 Å². The summed E-state index contributed by atoms with van der Waals surface area (Å²) >= 11 is 0. The summed E-state index contributed by atoms with van der Waals surface area (Å²) in [5.74, 6) is 6.20. The van der Waals surface area contributed by atoms with Crippen LogP contribution in [0.3, 0.4) is 0 Å². The molecule has 0 atom stereocenters. The first kappa shape index (κ1) is 31.8. The van der Waals surface area contributed by atoms with Gasteiger partial charge in [0, 0.05) is 67.2 Å². The van der Waals surface area contributed by atoms with E-state index in [-0.39, 0.29) is 11.5 Å². The summed E-state index contributed by atoms with van der Waals surface area (Å²) in [6.45, 7) is 2.87. The molecule has 2 saturated heterocycles. The molecule has 6 rings (SSSR count). The Hall–Kier alpha value is -3.14. The fourth-order valence-electron chi connectivity index (χ4n) is 7.29. The largest absolute Gasteiger partial charge is 0.479 e. The molecule has 1 aromatic heterocycles. The number of ether oxygens (including phenoxy) is 2. The van der Waals surface area contributed by atoms with E-state index in [1.165, 1.54) is 22.8 Å². The molecule has 1 spiro atoms. The third-order valence-corrected chi connectivity index (χ3v) is 10.8. The van der Waals surface area contributed by atoms with Gasteiger partial charge in [-0.15, -0.1) is 0 Å². The van der Waals surface area contributed by atoms with Crippen molar-refractivity contribution in [1.29, 1.82) is 0 Å². The number of fused-ring (bicyclic) bond motifs is 1. The van der Waals surface area contributed by atoms with Crippen LogP contribution in [0.5, 0.6) is 5.75 Å². The van der Waals surface area contributed by atoms with E-state index in [0.717, 1.165) is 75.6 Å². The van der Waals surface area contributed by atoms with E-state index in [2.05, 4.69) is 34.0 Å². The molecule has 0 radical (unpaired) electrons. The number of nitrogens with one attached hydrogen (secondary N) is 1. The molecule has 0 unspecified atom stereocenters. The van der Waals surface area contributed by atoms with Gasteiger partial charge >= 0.3 is 6.18 Å². The molecule has 1 saturated carbocycles. The highest BCUT2D eigenvalue weighted by molar-refractivity contribution is 7.90. The molecule has 0 bridgehead atoms. The van der Waals surface area contributed by atoms with E-state index in [9.17, 15) is 21.6 Å². The summed E-state index contributed by atoms with van der Waals surface area (Å²) in [6.07, 6.45) is 4.47. The maximum Gasteiger partial charge on any atom is 0.406 e. The van der Waals surface area contributed by atoms with E-state index < -0.39 is 22.6 Å². The van der Waals surface area contributed by atoms with Crippen LogP contribution in [0, 0.1) is 17.3 Å². The second-order valence-electron chi connectivity index (χ2n) is 13.0. The van der Waals surface area contributed by atoms with Crippen LogP contribution in [-0.4, -0.2) is 94.3 Å². The smallest absolute Gasteiger partial charge is 0.406 e. The lowest BCUT2D eigenvalue weighted by molar-refractivity contribution is -0.200. The quantitative estimate of drug-likeness (QED) is 0.442. The van der Waals surface area contributed by atoms with Crippen molar-refractivity contribution in [2.45, 2.75) is 68.2 Å². The van der Waals surface area contributed by atoms with Crippen LogP contribution in [0.25, 0.3) is 11.8 Å². The second-order valence-corrected chi connectivity index (χ2v) is 15.0. The summed E-state index contributed by atoms with van der Waals surface area (Å²) in [5, 5.41) is 4.31. The van der Waals surface area contributed by atoms with E-state index >= 15 is 0 Å². The van der Waals surface area contributed by atoms with Gasteiger partial charge in [-0.1, -0.05) is 12.0 Å². The summed E-state index contributed by atoms with van der Waals surface area (Å²) in [7, 11) is 0.345. The lowest BCUT2D eigenvalue weighted by Gasteiger charge is -2.58. The Balaban J connectivity index is 1.20. The van der Waals surface area contributed by atoms with Gasteiger partial charge < -0.3 is 24.3 Å². The first-order chi connectivity index (χ1) is 21.4. The molecule has 1 aromatic carbocycles. The number of alkyl halides is 3. The van der Waals surface area contributed by atoms with E-state index in [4.69, 9.17) is 9.47 Å². The summed E-state index contributed by atoms with van der Waals surface area (Å²) in [6, 6.07) is 7.22. The SMILES string of the molecule is CNc1cc(S(C)(=O)=O)ccc1OCC#Cc1cc2c(n1CC(F)(F)F)=CCCC=2N(C)C1CCC(N2CC3(COC3)C2)CC1. The molecule has 2 aliphatic heterocycles. The molecule has 4 aliphatic rings. The van der Waals surface area contributed by atoms with Crippen LogP contribution < -0.4 is 20.6 Å². The minimum Gasteiger partial charge on any atom is -0.479 e. The number of halogens is 3. The lowest BCUT2D eigenvalue weighted by atomic mass is 9.75. The first-order valence-corrected chi connectivity index (χ1v) is 17.4. The molecule has 2 aromatic rings. The third-order valence-electron chi connectivity index (χ3n) is 9.72. The van der Waals surface area contributed by atoms with Crippen LogP contribution in [0.15, 0.2) is 29.2 Å². The molecule has 0 amide bonds.